The molecule has 1 atom stereocenters. The Kier molecular flexibility index (Phi) is 4.17. The molecular formula is C11H21N3. The molecule has 1 aromatic heterocycles. The van der Waals surface area contributed by atoms with E-state index in [1.807, 2.05) is 0 Å². The van der Waals surface area contributed by atoms with Crippen LogP contribution >= 0.6 is 0 Å². The van der Waals surface area contributed by atoms with Crippen molar-refractivity contribution < 1.29 is 0 Å². The fourth-order valence-corrected chi connectivity index (χ4v) is 1.79. The first-order valence-electron chi connectivity index (χ1n) is 5.34. The van der Waals surface area contributed by atoms with Crippen LogP contribution in [0.15, 0.2) is 12.1 Å². The van der Waals surface area contributed by atoms with Crippen LogP contribution in [0.2, 0.25) is 0 Å². The molecule has 3 N–H and O–H groups in total. The molecule has 3 heteroatoms. The number of hydrogen-bond donors (Lipinski definition) is 2. The summed E-state index contributed by atoms with van der Waals surface area (Å²) >= 11 is 0. The molecule has 0 aliphatic heterocycles. The summed E-state index contributed by atoms with van der Waals surface area (Å²) < 4.78 is 0. The quantitative estimate of drug-likeness (QED) is 0.753. The van der Waals surface area contributed by atoms with Gasteiger partial charge in [0.15, 0.2) is 0 Å². The summed E-state index contributed by atoms with van der Waals surface area (Å²) in [4.78, 5) is 5.75. The Morgan fingerprint density at radius 1 is 1.36 bits per heavy atom. The lowest BCUT2D eigenvalue weighted by molar-refractivity contribution is 0.231. The number of rotatable bonds is 5. The topological polar surface area (TPSA) is 45.0 Å². The van der Waals surface area contributed by atoms with Gasteiger partial charge in [-0.15, -0.1) is 0 Å². The second-order valence-electron chi connectivity index (χ2n) is 3.54. The summed E-state index contributed by atoms with van der Waals surface area (Å²) in [5, 5.41) is 0. The zero-order chi connectivity index (χ0) is 10.6. The number of nitrogens with two attached hydrogens (primary N) is 1. The molecule has 0 amide bonds. The fraction of sp³-hybridized carbons (Fsp3) is 0.636. The molecule has 0 saturated carbocycles. The van der Waals surface area contributed by atoms with Gasteiger partial charge in [0.25, 0.3) is 0 Å². The molecule has 0 bridgehead atoms. The minimum Gasteiger partial charge on any atom is -0.360 e. The molecule has 0 aliphatic rings. The lowest BCUT2D eigenvalue weighted by Gasteiger charge is -2.25. The van der Waals surface area contributed by atoms with E-state index in [9.17, 15) is 0 Å². The Balaban J connectivity index is 2.72. The van der Waals surface area contributed by atoms with Gasteiger partial charge in [-0.2, -0.15) is 0 Å². The Labute approximate surface area is 86.3 Å². The molecular weight excluding hydrogens is 174 g/mol. The molecule has 0 spiro atoms. The molecule has 80 valence electrons. The third kappa shape index (κ3) is 2.36. The van der Waals surface area contributed by atoms with Crippen molar-refractivity contribution in [1.29, 1.82) is 0 Å². The van der Waals surface area contributed by atoms with Crippen molar-refractivity contribution in [1.82, 2.24) is 9.88 Å². The third-order valence-electron chi connectivity index (χ3n) is 2.80. The molecule has 1 rings (SSSR count). The van der Waals surface area contributed by atoms with E-state index in [0.29, 0.717) is 12.6 Å². The highest BCUT2D eigenvalue weighted by Crippen LogP contribution is 2.18. The van der Waals surface area contributed by atoms with E-state index in [-0.39, 0.29) is 0 Å². The Bertz CT molecular complexity index is 263. The number of hydrogen-bond acceptors (Lipinski definition) is 2. The summed E-state index contributed by atoms with van der Waals surface area (Å²) in [6.07, 6.45) is 0. The van der Waals surface area contributed by atoms with Crippen molar-refractivity contribution in [2.45, 2.75) is 33.4 Å². The molecule has 0 fully saturated rings. The summed E-state index contributed by atoms with van der Waals surface area (Å²) in [6, 6.07) is 4.64. The highest BCUT2D eigenvalue weighted by atomic mass is 15.1. The van der Waals surface area contributed by atoms with Crippen LogP contribution in [-0.2, 0) is 6.54 Å². The van der Waals surface area contributed by atoms with Crippen LogP contribution in [0.1, 0.15) is 38.2 Å². The van der Waals surface area contributed by atoms with Crippen LogP contribution in [0.5, 0.6) is 0 Å². The van der Waals surface area contributed by atoms with Gasteiger partial charge < -0.3 is 10.7 Å². The van der Waals surface area contributed by atoms with Crippen LogP contribution in [0, 0.1) is 0 Å². The third-order valence-corrected chi connectivity index (χ3v) is 2.80. The SMILES string of the molecule is CCN(CC)C(C)c1ccc(CN)[nH]1. The molecule has 0 aromatic carbocycles. The van der Waals surface area contributed by atoms with E-state index in [4.69, 9.17) is 5.73 Å². The van der Waals surface area contributed by atoms with E-state index in [1.165, 1.54) is 5.69 Å². The summed E-state index contributed by atoms with van der Waals surface area (Å²) in [5.41, 5.74) is 7.93. The maximum absolute atomic E-state index is 5.56. The van der Waals surface area contributed by atoms with E-state index in [2.05, 4.69) is 42.8 Å². The smallest absolute Gasteiger partial charge is 0.0470 e. The second kappa shape index (κ2) is 5.17. The standard InChI is InChI=1S/C11H21N3/c1-4-14(5-2)9(3)11-7-6-10(8-12)13-11/h6-7,9,13H,4-5,8,12H2,1-3H3. The number of nitrogens with one attached hydrogen (secondary N) is 1. The van der Waals surface area contributed by atoms with Crippen molar-refractivity contribution in [3.05, 3.63) is 23.5 Å². The number of nitrogens with zero attached hydrogens (tertiary/aromatic N) is 1. The Morgan fingerprint density at radius 3 is 2.43 bits per heavy atom. The highest BCUT2D eigenvalue weighted by molar-refractivity contribution is 5.15. The van der Waals surface area contributed by atoms with Crippen LogP contribution in [0.4, 0.5) is 0 Å². The van der Waals surface area contributed by atoms with Gasteiger partial charge in [-0.25, -0.2) is 0 Å². The molecule has 1 aromatic rings. The first-order chi connectivity index (χ1) is 6.72. The van der Waals surface area contributed by atoms with Crippen molar-refractivity contribution in [3.63, 3.8) is 0 Å². The second-order valence-corrected chi connectivity index (χ2v) is 3.54. The normalized spacial score (nSPS) is 13.5. The molecule has 0 radical (unpaired) electrons. The predicted octanol–water partition coefficient (Wildman–Crippen LogP) is 1.88. The van der Waals surface area contributed by atoms with Crippen molar-refractivity contribution in [2.24, 2.45) is 5.73 Å². The predicted molar refractivity (Wildman–Crippen MR) is 60.0 cm³/mol. The van der Waals surface area contributed by atoms with Gasteiger partial charge in [0, 0.05) is 24.0 Å². The van der Waals surface area contributed by atoms with Crippen molar-refractivity contribution >= 4 is 0 Å². The minimum absolute atomic E-state index is 0.449. The lowest BCUT2D eigenvalue weighted by Crippen LogP contribution is -2.26. The van der Waals surface area contributed by atoms with Crippen LogP contribution in [0.25, 0.3) is 0 Å². The van der Waals surface area contributed by atoms with Gasteiger partial charge in [-0.1, -0.05) is 13.8 Å². The maximum atomic E-state index is 5.56. The van der Waals surface area contributed by atoms with Gasteiger partial charge in [0.1, 0.15) is 0 Å². The van der Waals surface area contributed by atoms with Gasteiger partial charge in [-0.05, 0) is 32.1 Å². The zero-order valence-corrected chi connectivity index (χ0v) is 9.38. The van der Waals surface area contributed by atoms with Gasteiger partial charge in [0.2, 0.25) is 0 Å². The van der Waals surface area contributed by atoms with Gasteiger partial charge >= 0.3 is 0 Å². The molecule has 1 unspecified atom stereocenters. The molecule has 1 heterocycles. The van der Waals surface area contributed by atoms with E-state index >= 15 is 0 Å². The Morgan fingerprint density at radius 2 is 2.00 bits per heavy atom. The highest BCUT2D eigenvalue weighted by Gasteiger charge is 2.13. The van der Waals surface area contributed by atoms with Crippen LogP contribution in [-0.4, -0.2) is 23.0 Å². The molecule has 3 nitrogen and oxygen atoms in total. The Hall–Kier alpha value is -0.800. The van der Waals surface area contributed by atoms with Gasteiger partial charge in [-0.3, -0.25) is 4.90 Å². The molecule has 14 heavy (non-hydrogen) atoms. The lowest BCUT2D eigenvalue weighted by atomic mass is 10.2. The molecule has 0 saturated heterocycles. The first kappa shape index (κ1) is 11.3. The van der Waals surface area contributed by atoms with Crippen molar-refractivity contribution in [3.8, 4) is 0 Å². The van der Waals surface area contributed by atoms with E-state index < -0.39 is 0 Å². The van der Waals surface area contributed by atoms with E-state index in [0.717, 1.165) is 18.8 Å². The largest absolute Gasteiger partial charge is 0.360 e. The summed E-state index contributed by atoms with van der Waals surface area (Å²) in [5.74, 6) is 0. The van der Waals surface area contributed by atoms with Crippen LogP contribution < -0.4 is 5.73 Å². The summed E-state index contributed by atoms with van der Waals surface area (Å²) in [6.45, 7) is 9.34. The number of aromatic amines is 1. The fourth-order valence-electron chi connectivity index (χ4n) is 1.79. The monoisotopic (exact) mass is 195 g/mol. The van der Waals surface area contributed by atoms with Crippen LogP contribution in [0.3, 0.4) is 0 Å². The number of aromatic nitrogens is 1. The first-order valence-corrected chi connectivity index (χ1v) is 5.34. The van der Waals surface area contributed by atoms with E-state index in [1.54, 1.807) is 0 Å². The average Bonchev–Trinajstić information content (AvgIpc) is 2.67. The summed E-state index contributed by atoms with van der Waals surface area (Å²) in [7, 11) is 0. The number of H-pyrrole nitrogens is 1. The van der Waals surface area contributed by atoms with Crippen molar-refractivity contribution in [2.75, 3.05) is 13.1 Å². The van der Waals surface area contributed by atoms with Gasteiger partial charge in [0.05, 0.1) is 0 Å². The maximum Gasteiger partial charge on any atom is 0.0470 e. The molecule has 0 aliphatic carbocycles. The average molecular weight is 195 g/mol. The zero-order valence-electron chi connectivity index (χ0n) is 9.38. The minimum atomic E-state index is 0.449.